The number of halogens is 2. The monoisotopic (exact) mass is 326 g/mol. The molecule has 0 saturated carbocycles. The first-order valence-electron chi connectivity index (χ1n) is 6.76. The van der Waals surface area contributed by atoms with Crippen molar-refractivity contribution in [3.05, 3.63) is 64.1 Å². The normalized spacial score (nSPS) is 12.1. The highest BCUT2D eigenvalue weighted by atomic mass is 35.5. The maximum absolute atomic E-state index is 9.91. The van der Waals surface area contributed by atoms with Gasteiger partial charge in [0.15, 0.2) is 0 Å². The SMILES string of the molecule is O[C@H](C[NH2+]Cc1ccccc1)COc1ccc(Cl)cc1Cl. The van der Waals surface area contributed by atoms with E-state index in [1.165, 1.54) is 5.56 Å². The molecule has 0 heterocycles. The average molecular weight is 327 g/mol. The lowest BCUT2D eigenvalue weighted by Crippen LogP contribution is -2.85. The van der Waals surface area contributed by atoms with Crippen LogP contribution >= 0.6 is 23.2 Å². The summed E-state index contributed by atoms with van der Waals surface area (Å²) in [7, 11) is 0. The molecule has 112 valence electrons. The van der Waals surface area contributed by atoms with Gasteiger partial charge in [-0.15, -0.1) is 0 Å². The number of nitrogens with two attached hydrogens (primary N) is 1. The molecule has 2 aromatic carbocycles. The standard InChI is InChI=1S/C16H17Cl2NO2/c17-13-6-7-16(15(18)8-13)21-11-14(20)10-19-9-12-4-2-1-3-5-12/h1-8,14,19-20H,9-11H2/p+1/t14-/m1/s1. The molecule has 0 bridgehead atoms. The Morgan fingerprint density at radius 1 is 1.10 bits per heavy atom. The Bertz CT molecular complexity index is 563. The topological polar surface area (TPSA) is 46.1 Å². The number of aliphatic hydroxyl groups excluding tert-OH is 1. The predicted molar refractivity (Wildman–Crippen MR) is 84.9 cm³/mol. The molecule has 3 N–H and O–H groups in total. The van der Waals surface area contributed by atoms with E-state index in [-0.39, 0.29) is 6.61 Å². The Labute approximate surface area is 134 Å². The van der Waals surface area contributed by atoms with Gasteiger partial charge in [-0.25, -0.2) is 0 Å². The lowest BCUT2D eigenvalue weighted by Gasteiger charge is -2.12. The Kier molecular flexibility index (Phi) is 6.33. The fourth-order valence-corrected chi connectivity index (χ4v) is 2.37. The van der Waals surface area contributed by atoms with E-state index in [1.54, 1.807) is 18.2 Å². The van der Waals surface area contributed by atoms with Gasteiger partial charge < -0.3 is 15.2 Å². The van der Waals surface area contributed by atoms with Gasteiger partial charge in [-0.05, 0) is 18.2 Å². The molecule has 3 nitrogen and oxygen atoms in total. The van der Waals surface area contributed by atoms with Crippen LogP contribution in [0.3, 0.4) is 0 Å². The summed E-state index contributed by atoms with van der Waals surface area (Å²) in [6.45, 7) is 1.60. The van der Waals surface area contributed by atoms with Crippen LogP contribution in [0.25, 0.3) is 0 Å². The summed E-state index contributed by atoms with van der Waals surface area (Å²) in [5, 5.41) is 13.0. The molecule has 0 unspecified atom stereocenters. The Morgan fingerprint density at radius 3 is 2.57 bits per heavy atom. The highest BCUT2D eigenvalue weighted by Gasteiger charge is 2.09. The fraction of sp³-hybridized carbons (Fsp3) is 0.250. The fourth-order valence-electron chi connectivity index (χ4n) is 1.90. The van der Waals surface area contributed by atoms with Gasteiger partial charge in [-0.1, -0.05) is 53.5 Å². The van der Waals surface area contributed by atoms with E-state index >= 15 is 0 Å². The van der Waals surface area contributed by atoms with Crippen molar-refractivity contribution in [3.63, 3.8) is 0 Å². The van der Waals surface area contributed by atoms with Gasteiger partial charge >= 0.3 is 0 Å². The first-order valence-corrected chi connectivity index (χ1v) is 7.52. The summed E-state index contributed by atoms with van der Waals surface area (Å²) >= 11 is 11.8. The van der Waals surface area contributed by atoms with Crippen LogP contribution in [0.2, 0.25) is 10.0 Å². The van der Waals surface area contributed by atoms with Gasteiger partial charge in [0.25, 0.3) is 0 Å². The Morgan fingerprint density at radius 2 is 1.86 bits per heavy atom. The number of hydrogen-bond acceptors (Lipinski definition) is 2. The van der Waals surface area contributed by atoms with Crippen molar-refractivity contribution in [3.8, 4) is 5.75 Å². The number of rotatable bonds is 7. The van der Waals surface area contributed by atoms with Crippen LogP contribution in [0, 0.1) is 0 Å². The van der Waals surface area contributed by atoms with Crippen molar-refractivity contribution in [2.75, 3.05) is 13.2 Å². The largest absolute Gasteiger partial charge is 0.489 e. The smallest absolute Gasteiger partial charge is 0.138 e. The van der Waals surface area contributed by atoms with E-state index in [0.29, 0.717) is 22.3 Å². The van der Waals surface area contributed by atoms with E-state index in [2.05, 4.69) is 12.1 Å². The summed E-state index contributed by atoms with van der Waals surface area (Å²) in [6.07, 6.45) is -0.555. The summed E-state index contributed by atoms with van der Waals surface area (Å²) in [6, 6.07) is 15.1. The van der Waals surface area contributed by atoms with Crippen LogP contribution in [0.1, 0.15) is 5.56 Å². The van der Waals surface area contributed by atoms with E-state index in [1.807, 2.05) is 23.5 Å². The van der Waals surface area contributed by atoms with E-state index in [9.17, 15) is 5.11 Å². The van der Waals surface area contributed by atoms with Gasteiger partial charge in [0.1, 0.15) is 31.5 Å². The number of quaternary nitrogens is 1. The van der Waals surface area contributed by atoms with E-state index < -0.39 is 6.10 Å². The maximum Gasteiger partial charge on any atom is 0.138 e. The van der Waals surface area contributed by atoms with Crippen LogP contribution in [0.4, 0.5) is 0 Å². The van der Waals surface area contributed by atoms with Crippen LogP contribution in [0.5, 0.6) is 5.75 Å². The molecule has 0 amide bonds. The summed E-state index contributed by atoms with van der Waals surface area (Å²) in [5.41, 5.74) is 1.23. The Hall–Kier alpha value is -1.26. The number of hydrogen-bond donors (Lipinski definition) is 2. The molecular weight excluding hydrogens is 309 g/mol. The molecule has 0 aliphatic carbocycles. The second-order valence-electron chi connectivity index (χ2n) is 4.75. The molecule has 5 heteroatoms. The molecular formula is C16H18Cl2NO2+. The van der Waals surface area contributed by atoms with Crippen LogP contribution < -0.4 is 10.1 Å². The van der Waals surface area contributed by atoms with Gasteiger partial charge in [0.05, 0.1) is 5.02 Å². The molecule has 0 saturated heterocycles. The highest BCUT2D eigenvalue weighted by molar-refractivity contribution is 6.35. The van der Waals surface area contributed by atoms with Crippen molar-refractivity contribution in [2.45, 2.75) is 12.6 Å². The molecule has 0 radical (unpaired) electrons. The zero-order valence-electron chi connectivity index (χ0n) is 11.5. The second-order valence-corrected chi connectivity index (χ2v) is 5.60. The summed E-state index contributed by atoms with van der Waals surface area (Å²) < 4.78 is 5.50. The van der Waals surface area contributed by atoms with Crippen molar-refractivity contribution in [1.82, 2.24) is 0 Å². The molecule has 0 aliphatic rings. The molecule has 21 heavy (non-hydrogen) atoms. The lowest BCUT2D eigenvalue weighted by atomic mass is 10.2. The molecule has 0 aliphatic heterocycles. The van der Waals surface area contributed by atoms with E-state index in [4.69, 9.17) is 27.9 Å². The van der Waals surface area contributed by atoms with Gasteiger partial charge in [-0.3, -0.25) is 0 Å². The molecule has 0 spiro atoms. The third-order valence-corrected chi connectivity index (χ3v) is 3.52. The predicted octanol–water partition coefficient (Wildman–Crippen LogP) is 2.50. The van der Waals surface area contributed by atoms with Gasteiger partial charge in [0, 0.05) is 10.6 Å². The first-order chi connectivity index (χ1) is 10.1. The zero-order valence-corrected chi connectivity index (χ0v) is 13.0. The van der Waals surface area contributed by atoms with Crippen molar-refractivity contribution >= 4 is 23.2 Å². The van der Waals surface area contributed by atoms with Crippen LogP contribution in [-0.2, 0) is 6.54 Å². The van der Waals surface area contributed by atoms with Crippen LogP contribution in [-0.4, -0.2) is 24.4 Å². The van der Waals surface area contributed by atoms with Gasteiger partial charge in [-0.2, -0.15) is 0 Å². The number of benzene rings is 2. The third-order valence-electron chi connectivity index (χ3n) is 2.99. The zero-order chi connectivity index (χ0) is 15.1. The summed E-state index contributed by atoms with van der Waals surface area (Å²) in [4.78, 5) is 0. The first kappa shape index (κ1) is 16.1. The highest BCUT2D eigenvalue weighted by Crippen LogP contribution is 2.27. The molecule has 1 atom stereocenters. The molecule has 0 fully saturated rings. The second kappa shape index (κ2) is 8.25. The minimum Gasteiger partial charge on any atom is -0.489 e. The number of aliphatic hydroxyl groups is 1. The van der Waals surface area contributed by atoms with Crippen molar-refractivity contribution < 1.29 is 15.2 Å². The van der Waals surface area contributed by atoms with Crippen molar-refractivity contribution in [1.29, 1.82) is 0 Å². The molecule has 2 rings (SSSR count). The van der Waals surface area contributed by atoms with Crippen LogP contribution in [0.15, 0.2) is 48.5 Å². The van der Waals surface area contributed by atoms with Gasteiger partial charge in [0.2, 0.25) is 0 Å². The average Bonchev–Trinajstić information content (AvgIpc) is 2.47. The summed E-state index contributed by atoms with van der Waals surface area (Å²) in [5.74, 6) is 0.531. The maximum atomic E-state index is 9.91. The number of ether oxygens (including phenoxy) is 1. The Balaban J connectivity index is 1.71. The minimum atomic E-state index is -0.555. The molecule has 0 aromatic heterocycles. The van der Waals surface area contributed by atoms with Crippen molar-refractivity contribution in [2.24, 2.45) is 0 Å². The lowest BCUT2D eigenvalue weighted by molar-refractivity contribution is -0.676. The van der Waals surface area contributed by atoms with E-state index in [0.717, 1.165) is 6.54 Å². The molecule has 2 aromatic rings. The quantitative estimate of drug-likeness (QED) is 0.821. The third kappa shape index (κ3) is 5.56. The minimum absolute atomic E-state index is 0.201.